The van der Waals surface area contributed by atoms with Gasteiger partial charge in [-0.25, -0.2) is 0 Å². The van der Waals surface area contributed by atoms with Gasteiger partial charge in [-0.1, -0.05) is 29.8 Å². The molecule has 29 heavy (non-hydrogen) atoms. The van der Waals surface area contributed by atoms with Crippen molar-refractivity contribution in [2.75, 3.05) is 27.3 Å². The second-order valence-corrected chi connectivity index (χ2v) is 6.64. The van der Waals surface area contributed by atoms with Crippen LogP contribution in [-0.4, -0.2) is 33.2 Å². The summed E-state index contributed by atoms with van der Waals surface area (Å²) in [7, 11) is 3.16. The van der Waals surface area contributed by atoms with Gasteiger partial charge >= 0.3 is 0 Å². The molecule has 1 amide bonds. The smallest absolute Gasteiger partial charge is 0.263 e. The average Bonchev–Trinajstić information content (AvgIpc) is 2.73. The molecule has 6 nitrogen and oxygen atoms in total. The van der Waals surface area contributed by atoms with E-state index >= 15 is 0 Å². The third kappa shape index (κ3) is 7.05. The Morgan fingerprint density at radius 2 is 1.79 bits per heavy atom. The van der Waals surface area contributed by atoms with Crippen molar-refractivity contribution in [1.29, 1.82) is 5.26 Å². The largest absolute Gasteiger partial charge is 0.493 e. The topological polar surface area (TPSA) is 83.4 Å². The van der Waals surface area contributed by atoms with Gasteiger partial charge in [-0.15, -0.1) is 0 Å². The molecule has 0 aliphatic rings. The molecule has 0 saturated heterocycles. The lowest BCUT2D eigenvalue weighted by molar-refractivity contribution is -0.117. The van der Waals surface area contributed by atoms with Crippen molar-refractivity contribution >= 4 is 17.5 Å². The van der Waals surface area contributed by atoms with Crippen molar-refractivity contribution in [1.82, 2.24) is 10.6 Å². The first kappa shape index (κ1) is 22.1. The summed E-state index contributed by atoms with van der Waals surface area (Å²) in [5.41, 5.74) is 2.10. The summed E-state index contributed by atoms with van der Waals surface area (Å²) in [6.45, 7) is 0.986. The summed E-state index contributed by atoms with van der Waals surface area (Å²) in [4.78, 5) is 12.2. The molecule has 0 heterocycles. The van der Waals surface area contributed by atoms with Gasteiger partial charge < -0.3 is 20.1 Å². The van der Waals surface area contributed by atoms with Crippen LogP contribution >= 0.6 is 11.6 Å². The normalized spacial score (nSPS) is 10.8. The fourth-order valence-electron chi connectivity index (χ4n) is 2.68. The van der Waals surface area contributed by atoms with Gasteiger partial charge in [-0.05, 0) is 48.2 Å². The van der Waals surface area contributed by atoms with Crippen molar-refractivity contribution in [2.24, 2.45) is 0 Å². The summed E-state index contributed by atoms with van der Waals surface area (Å²) < 4.78 is 10.5. The molecule has 0 fully saturated rings. The Balaban J connectivity index is 1.80. The van der Waals surface area contributed by atoms with E-state index in [-0.39, 0.29) is 5.57 Å². The van der Waals surface area contributed by atoms with Gasteiger partial charge in [0.15, 0.2) is 11.5 Å². The number of nitriles is 1. The Hall–Kier alpha value is -3.17. The minimum absolute atomic E-state index is 0.0309. The van der Waals surface area contributed by atoms with Gasteiger partial charge in [0.1, 0.15) is 11.6 Å². The molecular weight excluding hydrogens is 390 g/mol. The molecule has 0 unspecified atom stereocenters. The summed E-state index contributed by atoms with van der Waals surface area (Å²) in [6.07, 6.45) is 2.78. The van der Waals surface area contributed by atoms with Crippen LogP contribution in [0.25, 0.3) is 0 Å². The molecular formula is C22H24ClN3O3. The highest BCUT2D eigenvalue weighted by atomic mass is 35.5. The van der Waals surface area contributed by atoms with E-state index < -0.39 is 5.91 Å². The predicted molar refractivity (Wildman–Crippen MR) is 113 cm³/mol. The van der Waals surface area contributed by atoms with E-state index in [1.54, 1.807) is 14.2 Å². The van der Waals surface area contributed by atoms with Gasteiger partial charge in [0.25, 0.3) is 5.91 Å². The molecule has 0 bridgehead atoms. The van der Waals surface area contributed by atoms with Gasteiger partial charge in [0.05, 0.1) is 14.2 Å². The van der Waals surface area contributed by atoms with Crippen molar-refractivity contribution in [2.45, 2.75) is 12.8 Å². The van der Waals surface area contributed by atoms with E-state index in [1.165, 1.54) is 6.20 Å². The zero-order chi connectivity index (χ0) is 21.1. The minimum Gasteiger partial charge on any atom is -0.493 e. The molecule has 0 aliphatic heterocycles. The van der Waals surface area contributed by atoms with Gasteiger partial charge in [-0.3, -0.25) is 4.79 Å². The lowest BCUT2D eigenvalue weighted by Crippen LogP contribution is -2.28. The quantitative estimate of drug-likeness (QED) is 0.355. The second kappa shape index (κ2) is 11.6. The lowest BCUT2D eigenvalue weighted by Gasteiger charge is -2.10. The van der Waals surface area contributed by atoms with Crippen LogP contribution in [0.15, 0.2) is 54.2 Å². The third-order valence-corrected chi connectivity index (χ3v) is 4.44. The molecule has 0 atom stereocenters. The Labute approximate surface area is 176 Å². The predicted octanol–water partition coefficient (Wildman–Crippen LogP) is 3.26. The standard InChI is InChI=1S/C22H24ClN3O3/c1-28-20-7-6-17(13-21(20)29-2)9-11-26-22(27)18(14-24)15-25-10-8-16-4-3-5-19(23)12-16/h3-7,12-13,15,25H,8-11H2,1-2H3,(H,26,27)/b18-15-. The van der Waals surface area contributed by atoms with Gasteiger partial charge in [0, 0.05) is 24.3 Å². The van der Waals surface area contributed by atoms with Crippen LogP contribution < -0.4 is 20.1 Å². The Bertz CT molecular complexity index is 906. The van der Waals surface area contributed by atoms with Gasteiger partial charge in [-0.2, -0.15) is 5.26 Å². The zero-order valence-corrected chi connectivity index (χ0v) is 17.3. The van der Waals surface area contributed by atoms with Crippen molar-refractivity contribution < 1.29 is 14.3 Å². The van der Waals surface area contributed by atoms with Crippen molar-refractivity contribution in [3.63, 3.8) is 0 Å². The summed E-state index contributed by atoms with van der Waals surface area (Å²) in [5, 5.41) is 15.7. The van der Waals surface area contributed by atoms with Crippen LogP contribution in [0.4, 0.5) is 0 Å². The number of hydrogen-bond acceptors (Lipinski definition) is 5. The summed E-state index contributed by atoms with van der Waals surface area (Å²) in [6, 6.07) is 15.1. The molecule has 0 spiro atoms. The highest BCUT2D eigenvalue weighted by molar-refractivity contribution is 6.30. The maximum Gasteiger partial charge on any atom is 0.263 e. The number of methoxy groups -OCH3 is 2. The van der Waals surface area contributed by atoms with E-state index in [4.69, 9.17) is 21.1 Å². The number of hydrogen-bond donors (Lipinski definition) is 2. The van der Waals surface area contributed by atoms with Crippen LogP contribution in [0, 0.1) is 11.3 Å². The van der Waals surface area contributed by atoms with E-state index in [9.17, 15) is 10.1 Å². The molecule has 2 aromatic rings. The van der Waals surface area contributed by atoms with Crippen LogP contribution in [0.1, 0.15) is 11.1 Å². The highest BCUT2D eigenvalue weighted by Crippen LogP contribution is 2.27. The molecule has 152 valence electrons. The van der Waals surface area contributed by atoms with Crippen molar-refractivity contribution in [3.8, 4) is 17.6 Å². The molecule has 0 aromatic heterocycles. The number of amides is 1. The molecule has 0 radical (unpaired) electrons. The fraction of sp³-hybridized carbons (Fsp3) is 0.273. The maximum absolute atomic E-state index is 12.2. The number of nitrogens with zero attached hydrogens (tertiary/aromatic N) is 1. The third-order valence-electron chi connectivity index (χ3n) is 4.21. The fourth-order valence-corrected chi connectivity index (χ4v) is 2.90. The SMILES string of the molecule is COc1ccc(CCNC(=O)/C(C#N)=C\NCCc2cccc(Cl)c2)cc1OC. The zero-order valence-electron chi connectivity index (χ0n) is 16.5. The van der Waals surface area contributed by atoms with Crippen LogP contribution in [0.5, 0.6) is 11.5 Å². The first-order valence-corrected chi connectivity index (χ1v) is 9.52. The first-order valence-electron chi connectivity index (χ1n) is 9.14. The molecule has 2 aromatic carbocycles. The summed E-state index contributed by atoms with van der Waals surface area (Å²) in [5.74, 6) is 0.875. The number of rotatable bonds is 10. The second-order valence-electron chi connectivity index (χ2n) is 6.20. The number of halogens is 1. The molecule has 7 heteroatoms. The van der Waals surface area contributed by atoms with Crippen molar-refractivity contribution in [3.05, 3.63) is 70.4 Å². The number of carbonyl (C=O) groups is 1. The van der Waals surface area contributed by atoms with E-state index in [0.29, 0.717) is 36.0 Å². The minimum atomic E-state index is -0.414. The summed E-state index contributed by atoms with van der Waals surface area (Å²) >= 11 is 5.96. The number of benzene rings is 2. The Morgan fingerprint density at radius 3 is 2.48 bits per heavy atom. The molecule has 2 N–H and O–H groups in total. The molecule has 2 rings (SSSR count). The van der Waals surface area contributed by atoms with Crippen LogP contribution in [-0.2, 0) is 17.6 Å². The van der Waals surface area contributed by atoms with E-state index in [1.807, 2.05) is 48.5 Å². The number of carbonyl (C=O) groups excluding carboxylic acids is 1. The van der Waals surface area contributed by atoms with Gasteiger partial charge in [0.2, 0.25) is 0 Å². The van der Waals surface area contributed by atoms with E-state index in [0.717, 1.165) is 17.5 Å². The van der Waals surface area contributed by atoms with Crippen LogP contribution in [0.3, 0.4) is 0 Å². The number of ether oxygens (including phenoxy) is 2. The maximum atomic E-state index is 12.2. The molecule has 0 saturated carbocycles. The highest BCUT2D eigenvalue weighted by Gasteiger charge is 2.09. The average molecular weight is 414 g/mol. The number of nitrogens with one attached hydrogen (secondary N) is 2. The monoisotopic (exact) mass is 413 g/mol. The Kier molecular flexibility index (Phi) is 8.87. The van der Waals surface area contributed by atoms with Crippen LogP contribution in [0.2, 0.25) is 5.02 Å². The molecule has 0 aliphatic carbocycles. The van der Waals surface area contributed by atoms with E-state index in [2.05, 4.69) is 10.6 Å². The Morgan fingerprint density at radius 1 is 1.07 bits per heavy atom. The lowest BCUT2D eigenvalue weighted by atomic mass is 10.1. The first-order chi connectivity index (χ1) is 14.1.